The number of phosphoric ester groups is 1. The lowest BCUT2D eigenvalue weighted by Crippen LogP contribution is -2.29. The molecular formula is C46H88NO8P. The number of hydrogen-bond donors (Lipinski definition) is 2. The molecule has 9 nitrogen and oxygen atoms in total. The van der Waals surface area contributed by atoms with Crippen molar-refractivity contribution in [1.29, 1.82) is 0 Å². The molecule has 10 heteroatoms. The number of phosphoric acid groups is 1. The van der Waals surface area contributed by atoms with Gasteiger partial charge in [0.15, 0.2) is 6.10 Å². The predicted molar refractivity (Wildman–Crippen MR) is 234 cm³/mol. The Morgan fingerprint density at radius 3 is 1.39 bits per heavy atom. The molecule has 0 aromatic heterocycles. The number of unbranched alkanes of at least 4 members (excludes halogenated alkanes) is 27. The van der Waals surface area contributed by atoms with Gasteiger partial charge in [-0.05, 0) is 44.9 Å². The Bertz CT molecular complexity index is 975. The average molecular weight is 814 g/mol. The van der Waals surface area contributed by atoms with E-state index in [1.54, 1.807) is 0 Å². The fourth-order valence-corrected chi connectivity index (χ4v) is 7.37. The third-order valence-corrected chi connectivity index (χ3v) is 11.1. The van der Waals surface area contributed by atoms with Gasteiger partial charge in [0.05, 0.1) is 13.2 Å². The number of carbonyl (C=O) groups excluding carboxylic acids is 2. The molecule has 0 radical (unpaired) electrons. The largest absolute Gasteiger partial charge is 0.472 e. The fraction of sp³-hybridized carbons (Fsp3) is 0.870. The summed E-state index contributed by atoms with van der Waals surface area (Å²) in [7, 11) is -4.38. The number of allylic oxidation sites excluding steroid dienone is 4. The number of hydrogen-bond acceptors (Lipinski definition) is 8. The smallest absolute Gasteiger partial charge is 0.462 e. The second-order valence-electron chi connectivity index (χ2n) is 15.6. The number of rotatable bonds is 44. The highest BCUT2D eigenvalue weighted by Crippen LogP contribution is 2.43. The lowest BCUT2D eigenvalue weighted by molar-refractivity contribution is -0.161. The quantitative estimate of drug-likeness (QED) is 0.0267. The zero-order chi connectivity index (χ0) is 41.1. The molecule has 3 N–H and O–H groups in total. The van der Waals surface area contributed by atoms with Crippen LogP contribution in [-0.4, -0.2) is 49.3 Å². The Labute approximate surface area is 344 Å². The molecule has 0 spiro atoms. The van der Waals surface area contributed by atoms with E-state index in [1.807, 2.05) is 0 Å². The van der Waals surface area contributed by atoms with Gasteiger partial charge in [0, 0.05) is 19.4 Å². The molecular weight excluding hydrogens is 725 g/mol. The van der Waals surface area contributed by atoms with Crippen molar-refractivity contribution in [2.75, 3.05) is 26.4 Å². The molecule has 330 valence electrons. The first-order valence-electron chi connectivity index (χ1n) is 23.3. The number of nitrogens with two attached hydrogens (primary N) is 1. The van der Waals surface area contributed by atoms with E-state index in [0.29, 0.717) is 6.42 Å². The monoisotopic (exact) mass is 814 g/mol. The molecule has 0 aromatic rings. The van der Waals surface area contributed by atoms with Crippen LogP contribution in [0.25, 0.3) is 0 Å². The van der Waals surface area contributed by atoms with Crippen LogP contribution >= 0.6 is 7.82 Å². The SMILES string of the molecule is CCCCC/C=C/C/C=C/CCCCCCCC(=O)O[C@H](COC(=O)CCCCCCCCCCCCCCCCCCCCCC)COP(=O)(O)OCCN. The van der Waals surface area contributed by atoms with Gasteiger partial charge in [-0.3, -0.25) is 18.6 Å². The van der Waals surface area contributed by atoms with Crippen LogP contribution in [0.2, 0.25) is 0 Å². The van der Waals surface area contributed by atoms with Gasteiger partial charge in [-0.1, -0.05) is 192 Å². The standard InChI is InChI=1S/C46H88NO8P/c1-3-5-7-9-11-13-15-17-19-20-21-22-23-25-26-28-30-32-34-36-38-45(48)52-42-44(43-54-56(50,51)53-41-40-47)55-46(49)39-37-35-33-31-29-27-24-18-16-14-12-10-8-6-4-2/h12,14,18,24,44H,3-11,13,15-17,19-23,25-43,47H2,1-2H3,(H,50,51)/b14-12+,24-18+/t44-/m1/s1. The van der Waals surface area contributed by atoms with E-state index in [4.69, 9.17) is 24.3 Å². The van der Waals surface area contributed by atoms with Crippen LogP contribution in [0.5, 0.6) is 0 Å². The third-order valence-electron chi connectivity index (χ3n) is 10.1. The van der Waals surface area contributed by atoms with Crippen molar-refractivity contribution in [2.45, 2.75) is 232 Å². The van der Waals surface area contributed by atoms with Gasteiger partial charge in [0.2, 0.25) is 0 Å². The van der Waals surface area contributed by atoms with E-state index in [-0.39, 0.29) is 38.6 Å². The van der Waals surface area contributed by atoms with Gasteiger partial charge in [0.25, 0.3) is 0 Å². The van der Waals surface area contributed by atoms with E-state index in [9.17, 15) is 19.0 Å². The highest BCUT2D eigenvalue weighted by molar-refractivity contribution is 7.47. The Balaban J connectivity index is 4.07. The van der Waals surface area contributed by atoms with E-state index >= 15 is 0 Å². The first-order chi connectivity index (χ1) is 27.3. The summed E-state index contributed by atoms with van der Waals surface area (Å²) in [5.74, 6) is -0.834. The van der Waals surface area contributed by atoms with Gasteiger partial charge in [-0.15, -0.1) is 0 Å². The normalized spacial score (nSPS) is 13.4. The summed E-state index contributed by atoms with van der Waals surface area (Å²) in [6, 6.07) is 0. The molecule has 0 saturated carbocycles. The summed E-state index contributed by atoms with van der Waals surface area (Å²) < 4.78 is 32.8. The summed E-state index contributed by atoms with van der Waals surface area (Å²) >= 11 is 0. The minimum atomic E-state index is -4.38. The Morgan fingerprint density at radius 2 is 0.929 bits per heavy atom. The summed E-state index contributed by atoms with van der Waals surface area (Å²) in [5, 5.41) is 0. The molecule has 0 saturated heterocycles. The van der Waals surface area contributed by atoms with Gasteiger partial charge in [-0.2, -0.15) is 0 Å². The summed E-state index contributed by atoms with van der Waals surface area (Å²) in [6.07, 6.45) is 46.4. The predicted octanol–water partition coefficient (Wildman–Crippen LogP) is 13.6. The molecule has 0 bridgehead atoms. The minimum absolute atomic E-state index is 0.0526. The van der Waals surface area contributed by atoms with Crippen LogP contribution in [0.1, 0.15) is 226 Å². The summed E-state index contributed by atoms with van der Waals surface area (Å²) in [5.41, 5.74) is 5.35. The maximum absolute atomic E-state index is 12.6. The average Bonchev–Trinajstić information content (AvgIpc) is 3.18. The van der Waals surface area contributed by atoms with Crippen LogP contribution in [-0.2, 0) is 32.7 Å². The topological polar surface area (TPSA) is 134 Å². The zero-order valence-corrected chi connectivity index (χ0v) is 37.3. The van der Waals surface area contributed by atoms with Gasteiger partial charge in [-0.25, -0.2) is 4.57 Å². The minimum Gasteiger partial charge on any atom is -0.462 e. The Morgan fingerprint density at radius 1 is 0.536 bits per heavy atom. The van der Waals surface area contributed by atoms with Gasteiger partial charge >= 0.3 is 19.8 Å². The molecule has 0 amide bonds. The first-order valence-corrected chi connectivity index (χ1v) is 24.8. The summed E-state index contributed by atoms with van der Waals surface area (Å²) in [6.45, 7) is 3.72. The molecule has 0 fully saturated rings. The second kappa shape index (κ2) is 43.1. The van der Waals surface area contributed by atoms with Crippen LogP contribution in [0, 0.1) is 0 Å². The molecule has 0 aromatic carbocycles. The summed E-state index contributed by atoms with van der Waals surface area (Å²) in [4.78, 5) is 34.9. The number of carbonyl (C=O) groups is 2. The third kappa shape index (κ3) is 42.1. The van der Waals surface area contributed by atoms with Gasteiger partial charge in [0.1, 0.15) is 6.61 Å². The van der Waals surface area contributed by atoms with Crippen molar-refractivity contribution in [3.05, 3.63) is 24.3 Å². The van der Waals surface area contributed by atoms with Crippen molar-refractivity contribution in [3.8, 4) is 0 Å². The lowest BCUT2D eigenvalue weighted by atomic mass is 10.0. The van der Waals surface area contributed by atoms with E-state index in [1.165, 1.54) is 135 Å². The van der Waals surface area contributed by atoms with Crippen LogP contribution < -0.4 is 5.73 Å². The van der Waals surface area contributed by atoms with Crippen molar-refractivity contribution in [2.24, 2.45) is 5.73 Å². The Kier molecular flexibility index (Phi) is 41.9. The van der Waals surface area contributed by atoms with Crippen molar-refractivity contribution >= 4 is 19.8 Å². The highest BCUT2D eigenvalue weighted by Gasteiger charge is 2.26. The zero-order valence-electron chi connectivity index (χ0n) is 36.4. The van der Waals surface area contributed by atoms with Crippen LogP contribution in [0.15, 0.2) is 24.3 Å². The number of ether oxygens (including phenoxy) is 2. The molecule has 1 unspecified atom stereocenters. The molecule has 56 heavy (non-hydrogen) atoms. The second-order valence-corrected chi connectivity index (χ2v) is 17.1. The van der Waals surface area contributed by atoms with Crippen molar-refractivity contribution in [3.63, 3.8) is 0 Å². The lowest BCUT2D eigenvalue weighted by Gasteiger charge is -2.19. The Hall–Kier alpha value is -1.51. The van der Waals surface area contributed by atoms with E-state index < -0.39 is 26.5 Å². The van der Waals surface area contributed by atoms with Crippen LogP contribution in [0.3, 0.4) is 0 Å². The maximum Gasteiger partial charge on any atom is 0.472 e. The molecule has 0 rings (SSSR count). The molecule has 0 aliphatic rings. The fourth-order valence-electron chi connectivity index (χ4n) is 6.61. The van der Waals surface area contributed by atoms with Crippen molar-refractivity contribution in [1.82, 2.24) is 0 Å². The van der Waals surface area contributed by atoms with Crippen molar-refractivity contribution < 1.29 is 37.6 Å². The van der Waals surface area contributed by atoms with Crippen LogP contribution in [0.4, 0.5) is 0 Å². The molecule has 0 heterocycles. The van der Waals surface area contributed by atoms with E-state index in [0.717, 1.165) is 57.8 Å². The number of esters is 2. The molecule has 2 atom stereocenters. The molecule has 0 aliphatic carbocycles. The van der Waals surface area contributed by atoms with Gasteiger partial charge < -0.3 is 20.1 Å². The molecule has 0 aliphatic heterocycles. The highest BCUT2D eigenvalue weighted by atomic mass is 31.2. The van der Waals surface area contributed by atoms with E-state index in [2.05, 4.69) is 38.2 Å². The first kappa shape index (κ1) is 54.5. The maximum atomic E-state index is 12.6.